The van der Waals surface area contributed by atoms with Crippen LogP contribution in [0.1, 0.15) is 41.0 Å². The van der Waals surface area contributed by atoms with Crippen molar-refractivity contribution in [2.45, 2.75) is 33.4 Å². The number of hydrogen-bond donors (Lipinski definition) is 3. The number of ether oxygens (including phenoxy) is 1. The molecule has 3 rings (SSSR count). The number of pyridine rings is 1. The van der Waals surface area contributed by atoms with Crippen LogP contribution in [0.25, 0.3) is 5.65 Å². The number of imidazole rings is 1. The number of carbonyl (C=O) groups excluding carboxylic acids is 2. The van der Waals surface area contributed by atoms with E-state index in [1.54, 1.807) is 23.5 Å². The molecule has 30 heavy (non-hydrogen) atoms. The summed E-state index contributed by atoms with van der Waals surface area (Å²) in [6.07, 6.45) is 2.47. The zero-order valence-electron chi connectivity index (χ0n) is 17.3. The number of rotatable bonds is 9. The Morgan fingerprint density at radius 2 is 1.97 bits per heavy atom. The summed E-state index contributed by atoms with van der Waals surface area (Å²) in [6, 6.07) is 11.3. The van der Waals surface area contributed by atoms with Gasteiger partial charge in [-0.3, -0.25) is 14.0 Å². The van der Waals surface area contributed by atoms with Crippen LogP contribution >= 0.6 is 0 Å². The molecule has 8 nitrogen and oxygen atoms in total. The molecule has 2 heterocycles. The summed E-state index contributed by atoms with van der Waals surface area (Å²) in [7, 11) is 0. The molecule has 4 N–H and O–H groups in total. The summed E-state index contributed by atoms with van der Waals surface area (Å²) in [5.41, 5.74) is 9.45. The molecular weight excluding hydrogens is 382 g/mol. The van der Waals surface area contributed by atoms with Gasteiger partial charge in [-0.1, -0.05) is 31.2 Å². The molecule has 0 unspecified atom stereocenters. The first-order valence-electron chi connectivity index (χ1n) is 10.0. The standard InChI is InChI=1S/C22H27N5O3/c1-3-18-21(24-14-19(28)30-4-2)27-10-6-9-17(20(27)26-18)22(29)25-13-16-8-5-7-15(11-16)12-23/h5-11,24H,3-4,12-14,23H2,1-2H3,(H,25,29). The van der Waals surface area contributed by atoms with Gasteiger partial charge in [0.15, 0.2) is 5.65 Å². The molecule has 0 spiro atoms. The molecule has 1 aromatic carbocycles. The van der Waals surface area contributed by atoms with E-state index in [4.69, 9.17) is 10.5 Å². The van der Waals surface area contributed by atoms with Gasteiger partial charge >= 0.3 is 5.97 Å². The minimum atomic E-state index is -0.344. The van der Waals surface area contributed by atoms with E-state index in [9.17, 15) is 9.59 Å². The van der Waals surface area contributed by atoms with Gasteiger partial charge in [-0.2, -0.15) is 0 Å². The summed E-state index contributed by atoms with van der Waals surface area (Å²) in [6.45, 7) is 4.94. The Labute approximate surface area is 175 Å². The molecule has 1 amide bonds. The zero-order chi connectivity index (χ0) is 21.5. The molecule has 0 bridgehead atoms. The predicted molar refractivity (Wildman–Crippen MR) is 115 cm³/mol. The van der Waals surface area contributed by atoms with Crippen LogP contribution in [0.4, 0.5) is 5.82 Å². The first-order valence-corrected chi connectivity index (χ1v) is 10.0. The van der Waals surface area contributed by atoms with Gasteiger partial charge < -0.3 is 21.1 Å². The van der Waals surface area contributed by atoms with Crippen LogP contribution in [-0.4, -0.2) is 34.4 Å². The highest BCUT2D eigenvalue weighted by atomic mass is 16.5. The van der Waals surface area contributed by atoms with Gasteiger partial charge in [0.2, 0.25) is 0 Å². The second-order valence-electron chi connectivity index (χ2n) is 6.74. The molecular formula is C22H27N5O3. The molecule has 0 saturated heterocycles. The van der Waals surface area contributed by atoms with Gasteiger partial charge in [0.1, 0.15) is 12.4 Å². The van der Waals surface area contributed by atoms with Crippen molar-refractivity contribution in [2.75, 3.05) is 18.5 Å². The van der Waals surface area contributed by atoms with Crippen LogP contribution in [0, 0.1) is 0 Å². The third-order valence-electron chi connectivity index (χ3n) is 4.69. The molecule has 0 fully saturated rings. The van der Waals surface area contributed by atoms with Gasteiger partial charge in [0.25, 0.3) is 5.91 Å². The summed E-state index contributed by atoms with van der Waals surface area (Å²) in [5, 5.41) is 6.04. The number of aryl methyl sites for hydroxylation is 1. The number of aromatic nitrogens is 2. The van der Waals surface area contributed by atoms with Gasteiger partial charge in [-0.05, 0) is 36.6 Å². The van der Waals surface area contributed by atoms with E-state index in [1.807, 2.05) is 37.4 Å². The number of nitrogens with two attached hydrogens (primary N) is 1. The molecule has 3 aromatic rings. The monoisotopic (exact) mass is 409 g/mol. The first-order chi connectivity index (χ1) is 14.6. The highest BCUT2D eigenvalue weighted by Gasteiger charge is 2.18. The Morgan fingerprint density at radius 1 is 1.17 bits per heavy atom. The number of amides is 1. The number of carbonyl (C=O) groups is 2. The van der Waals surface area contributed by atoms with Crippen molar-refractivity contribution in [3.05, 3.63) is 65.0 Å². The summed E-state index contributed by atoms with van der Waals surface area (Å²) < 4.78 is 6.77. The van der Waals surface area contributed by atoms with Crippen LogP contribution in [-0.2, 0) is 29.0 Å². The van der Waals surface area contributed by atoms with Crippen molar-refractivity contribution < 1.29 is 14.3 Å². The third kappa shape index (κ3) is 4.77. The SMILES string of the molecule is CCOC(=O)CNc1c(CC)nc2c(C(=O)NCc3cccc(CN)c3)cccn12. The van der Waals surface area contributed by atoms with E-state index < -0.39 is 0 Å². The topological polar surface area (TPSA) is 111 Å². The van der Waals surface area contributed by atoms with Crippen LogP contribution in [0.2, 0.25) is 0 Å². The highest BCUT2D eigenvalue weighted by molar-refractivity contribution is 6.00. The van der Waals surface area contributed by atoms with Crippen LogP contribution in [0.15, 0.2) is 42.6 Å². The van der Waals surface area contributed by atoms with E-state index in [0.29, 0.717) is 43.1 Å². The average Bonchev–Trinajstić information content (AvgIpc) is 3.14. The quantitative estimate of drug-likeness (QED) is 0.468. The lowest BCUT2D eigenvalue weighted by molar-refractivity contribution is -0.140. The molecule has 158 valence electrons. The van der Waals surface area contributed by atoms with Gasteiger partial charge in [0.05, 0.1) is 17.9 Å². The fraction of sp³-hybridized carbons (Fsp3) is 0.318. The van der Waals surface area contributed by atoms with Crippen molar-refractivity contribution >= 4 is 23.3 Å². The lowest BCUT2D eigenvalue weighted by Gasteiger charge is -2.09. The third-order valence-corrected chi connectivity index (χ3v) is 4.69. The van der Waals surface area contributed by atoms with Gasteiger partial charge in [-0.15, -0.1) is 0 Å². The minimum Gasteiger partial charge on any atom is -0.465 e. The first kappa shape index (κ1) is 21.3. The second-order valence-corrected chi connectivity index (χ2v) is 6.74. The number of fused-ring (bicyclic) bond motifs is 1. The number of hydrogen-bond acceptors (Lipinski definition) is 6. The molecule has 2 aromatic heterocycles. The molecule has 0 saturated carbocycles. The van der Waals surface area contributed by atoms with E-state index in [-0.39, 0.29) is 18.4 Å². The number of benzene rings is 1. The van der Waals surface area contributed by atoms with Crippen molar-refractivity contribution in [3.8, 4) is 0 Å². The Hall–Kier alpha value is -3.39. The second kappa shape index (κ2) is 9.89. The van der Waals surface area contributed by atoms with Crippen molar-refractivity contribution in [2.24, 2.45) is 5.73 Å². The molecule has 0 aliphatic carbocycles. The minimum absolute atomic E-state index is 0.0303. The fourth-order valence-electron chi connectivity index (χ4n) is 3.24. The largest absolute Gasteiger partial charge is 0.465 e. The molecule has 0 radical (unpaired) electrons. The Bertz CT molecular complexity index is 1040. The molecule has 0 aliphatic rings. The van der Waals surface area contributed by atoms with Crippen LogP contribution < -0.4 is 16.4 Å². The Kier molecular flexibility index (Phi) is 7.03. The van der Waals surface area contributed by atoms with Crippen LogP contribution in [0.5, 0.6) is 0 Å². The smallest absolute Gasteiger partial charge is 0.325 e. The average molecular weight is 409 g/mol. The number of nitrogens with one attached hydrogen (secondary N) is 2. The van der Waals surface area contributed by atoms with E-state index in [2.05, 4.69) is 15.6 Å². The number of esters is 1. The van der Waals surface area contributed by atoms with Crippen molar-refractivity contribution in [1.82, 2.24) is 14.7 Å². The summed E-state index contributed by atoms with van der Waals surface area (Å²) in [4.78, 5) is 29.2. The van der Waals surface area contributed by atoms with Crippen molar-refractivity contribution in [3.63, 3.8) is 0 Å². The zero-order valence-corrected chi connectivity index (χ0v) is 17.3. The number of nitrogens with zero attached hydrogens (tertiary/aromatic N) is 2. The van der Waals surface area contributed by atoms with Crippen LogP contribution in [0.3, 0.4) is 0 Å². The maximum Gasteiger partial charge on any atom is 0.325 e. The van der Waals surface area contributed by atoms with Crippen molar-refractivity contribution in [1.29, 1.82) is 0 Å². The van der Waals surface area contributed by atoms with Gasteiger partial charge in [0, 0.05) is 19.3 Å². The van der Waals surface area contributed by atoms with Gasteiger partial charge in [-0.25, -0.2) is 4.98 Å². The predicted octanol–water partition coefficient (Wildman–Crippen LogP) is 2.26. The van der Waals surface area contributed by atoms with E-state index in [1.165, 1.54) is 0 Å². The van der Waals surface area contributed by atoms with E-state index in [0.717, 1.165) is 16.8 Å². The normalized spacial score (nSPS) is 10.8. The Balaban J connectivity index is 1.81. The lowest BCUT2D eigenvalue weighted by Crippen LogP contribution is -2.23. The van der Waals surface area contributed by atoms with E-state index >= 15 is 0 Å². The maximum absolute atomic E-state index is 12.9. The number of anilines is 1. The molecule has 8 heteroatoms. The summed E-state index contributed by atoms with van der Waals surface area (Å²) in [5.74, 6) is 0.123. The summed E-state index contributed by atoms with van der Waals surface area (Å²) >= 11 is 0. The molecule has 0 atom stereocenters. The highest BCUT2D eigenvalue weighted by Crippen LogP contribution is 2.21. The fourth-order valence-corrected chi connectivity index (χ4v) is 3.24. The lowest BCUT2D eigenvalue weighted by atomic mass is 10.1. The Morgan fingerprint density at radius 3 is 2.70 bits per heavy atom. The maximum atomic E-state index is 12.9. The molecule has 0 aliphatic heterocycles.